The van der Waals surface area contributed by atoms with E-state index >= 15 is 0 Å². The van der Waals surface area contributed by atoms with Crippen molar-refractivity contribution in [1.82, 2.24) is 0 Å². The van der Waals surface area contributed by atoms with Gasteiger partial charge in [-0.3, -0.25) is 0 Å². The summed E-state index contributed by atoms with van der Waals surface area (Å²) >= 11 is 0. The molecule has 5 heteroatoms. The SMILES string of the molecule is COC(=O)c1cccc(-c2oc(-c3ccc(C(C)C)cc3)cc2C(=O)O)c1. The average Bonchev–Trinajstić information content (AvgIpc) is 3.13. The third-order valence-corrected chi connectivity index (χ3v) is 4.37. The first-order valence-electron chi connectivity index (χ1n) is 8.57. The molecule has 0 fully saturated rings. The fourth-order valence-electron chi connectivity index (χ4n) is 2.84. The van der Waals surface area contributed by atoms with Gasteiger partial charge >= 0.3 is 11.9 Å². The molecule has 138 valence electrons. The molecule has 0 unspecified atom stereocenters. The Labute approximate surface area is 157 Å². The minimum atomic E-state index is -1.10. The molecular weight excluding hydrogens is 344 g/mol. The summed E-state index contributed by atoms with van der Waals surface area (Å²) in [5, 5.41) is 9.58. The van der Waals surface area contributed by atoms with Gasteiger partial charge in [0.1, 0.15) is 17.1 Å². The van der Waals surface area contributed by atoms with Crippen LogP contribution in [0.1, 0.15) is 46.0 Å². The summed E-state index contributed by atoms with van der Waals surface area (Å²) in [5.41, 5.74) is 2.85. The molecule has 0 aliphatic rings. The lowest BCUT2D eigenvalue weighted by molar-refractivity contribution is 0.0600. The van der Waals surface area contributed by atoms with E-state index < -0.39 is 11.9 Å². The monoisotopic (exact) mass is 364 g/mol. The molecule has 0 bridgehead atoms. The number of carbonyl (C=O) groups excluding carboxylic acids is 1. The van der Waals surface area contributed by atoms with Crippen molar-refractivity contribution in [3.8, 4) is 22.6 Å². The van der Waals surface area contributed by atoms with Crippen LogP contribution in [0.2, 0.25) is 0 Å². The largest absolute Gasteiger partial charge is 0.478 e. The van der Waals surface area contributed by atoms with Gasteiger partial charge in [0.25, 0.3) is 0 Å². The van der Waals surface area contributed by atoms with Crippen LogP contribution in [-0.2, 0) is 4.74 Å². The molecule has 3 aromatic rings. The second kappa shape index (κ2) is 7.50. The third-order valence-electron chi connectivity index (χ3n) is 4.37. The fraction of sp³-hybridized carbons (Fsp3) is 0.182. The number of carboxylic acid groups (broad SMARTS) is 1. The van der Waals surface area contributed by atoms with Gasteiger partial charge in [0.15, 0.2) is 0 Å². The standard InChI is InChI=1S/C22H20O5/c1-13(2)14-7-9-15(10-8-14)19-12-18(21(23)24)20(27-19)16-5-4-6-17(11-16)22(25)26-3/h4-13H,1-3H3,(H,23,24). The van der Waals surface area contributed by atoms with Crippen molar-refractivity contribution in [2.24, 2.45) is 0 Å². The highest BCUT2D eigenvalue weighted by Gasteiger charge is 2.20. The van der Waals surface area contributed by atoms with Gasteiger partial charge in [-0.15, -0.1) is 0 Å². The van der Waals surface area contributed by atoms with E-state index in [1.807, 2.05) is 24.3 Å². The Morgan fingerprint density at radius 1 is 1.00 bits per heavy atom. The van der Waals surface area contributed by atoms with Crippen LogP contribution in [0.4, 0.5) is 0 Å². The van der Waals surface area contributed by atoms with Crippen LogP contribution in [0.5, 0.6) is 0 Å². The summed E-state index contributed by atoms with van der Waals surface area (Å²) < 4.78 is 10.6. The van der Waals surface area contributed by atoms with E-state index in [1.54, 1.807) is 24.3 Å². The smallest absolute Gasteiger partial charge is 0.339 e. The molecule has 3 rings (SSSR count). The Morgan fingerprint density at radius 3 is 2.30 bits per heavy atom. The summed E-state index contributed by atoms with van der Waals surface area (Å²) in [6.45, 7) is 4.22. The number of ether oxygens (including phenoxy) is 1. The topological polar surface area (TPSA) is 76.7 Å². The van der Waals surface area contributed by atoms with E-state index in [0.29, 0.717) is 22.8 Å². The van der Waals surface area contributed by atoms with Gasteiger partial charge in [0.05, 0.1) is 12.7 Å². The summed E-state index contributed by atoms with van der Waals surface area (Å²) in [6, 6.07) is 15.8. The highest BCUT2D eigenvalue weighted by molar-refractivity contribution is 5.97. The lowest BCUT2D eigenvalue weighted by atomic mass is 10.0. The average molecular weight is 364 g/mol. The molecule has 0 spiro atoms. The molecule has 1 heterocycles. The first kappa shape index (κ1) is 18.5. The van der Waals surface area contributed by atoms with Gasteiger partial charge < -0.3 is 14.3 Å². The molecule has 0 saturated heterocycles. The molecule has 0 amide bonds. The molecular formula is C22H20O5. The maximum atomic E-state index is 11.8. The number of methoxy groups -OCH3 is 1. The maximum Gasteiger partial charge on any atom is 0.339 e. The number of carbonyl (C=O) groups is 2. The Bertz CT molecular complexity index is 980. The minimum absolute atomic E-state index is 0.0416. The molecule has 0 atom stereocenters. The normalized spacial score (nSPS) is 10.8. The van der Waals surface area contributed by atoms with Crippen molar-refractivity contribution < 1.29 is 23.8 Å². The lowest BCUT2D eigenvalue weighted by Crippen LogP contribution is -2.01. The summed E-state index contributed by atoms with van der Waals surface area (Å²) in [5.74, 6) is -0.522. The first-order valence-corrected chi connectivity index (χ1v) is 8.57. The van der Waals surface area contributed by atoms with E-state index in [-0.39, 0.29) is 11.3 Å². The van der Waals surface area contributed by atoms with E-state index in [2.05, 4.69) is 13.8 Å². The van der Waals surface area contributed by atoms with Gasteiger partial charge in [0.2, 0.25) is 0 Å². The van der Waals surface area contributed by atoms with E-state index in [0.717, 1.165) is 5.56 Å². The van der Waals surface area contributed by atoms with E-state index in [9.17, 15) is 14.7 Å². The fourth-order valence-corrected chi connectivity index (χ4v) is 2.84. The highest BCUT2D eigenvalue weighted by Crippen LogP contribution is 2.33. The minimum Gasteiger partial charge on any atom is -0.478 e. The van der Waals surface area contributed by atoms with Crippen LogP contribution < -0.4 is 0 Å². The number of esters is 1. The van der Waals surface area contributed by atoms with Crippen LogP contribution in [0.15, 0.2) is 59.0 Å². The van der Waals surface area contributed by atoms with Crippen molar-refractivity contribution in [3.63, 3.8) is 0 Å². The molecule has 0 saturated carbocycles. The Balaban J connectivity index is 2.06. The van der Waals surface area contributed by atoms with Crippen molar-refractivity contribution in [2.75, 3.05) is 7.11 Å². The predicted molar refractivity (Wildman–Crippen MR) is 102 cm³/mol. The van der Waals surface area contributed by atoms with E-state index in [4.69, 9.17) is 9.15 Å². The van der Waals surface area contributed by atoms with Crippen molar-refractivity contribution in [1.29, 1.82) is 0 Å². The van der Waals surface area contributed by atoms with Gasteiger partial charge in [-0.2, -0.15) is 0 Å². The summed E-state index contributed by atoms with van der Waals surface area (Å²) in [6.07, 6.45) is 0. The van der Waals surface area contributed by atoms with Gasteiger partial charge in [-0.25, -0.2) is 9.59 Å². The zero-order valence-electron chi connectivity index (χ0n) is 15.4. The van der Waals surface area contributed by atoms with Crippen molar-refractivity contribution in [2.45, 2.75) is 19.8 Å². The highest BCUT2D eigenvalue weighted by atomic mass is 16.5. The van der Waals surface area contributed by atoms with Gasteiger partial charge in [-0.1, -0.05) is 50.2 Å². The second-order valence-corrected chi connectivity index (χ2v) is 6.51. The van der Waals surface area contributed by atoms with Crippen LogP contribution in [0.3, 0.4) is 0 Å². The van der Waals surface area contributed by atoms with Crippen LogP contribution in [0, 0.1) is 0 Å². The Morgan fingerprint density at radius 2 is 1.70 bits per heavy atom. The maximum absolute atomic E-state index is 11.8. The molecule has 1 N–H and O–H groups in total. The quantitative estimate of drug-likeness (QED) is 0.628. The van der Waals surface area contributed by atoms with Gasteiger partial charge in [0, 0.05) is 11.1 Å². The molecule has 0 aliphatic heterocycles. The Hall–Kier alpha value is -3.34. The third kappa shape index (κ3) is 3.77. The van der Waals surface area contributed by atoms with Crippen molar-refractivity contribution >= 4 is 11.9 Å². The van der Waals surface area contributed by atoms with Crippen LogP contribution in [-0.4, -0.2) is 24.2 Å². The number of benzene rings is 2. The number of hydrogen-bond donors (Lipinski definition) is 1. The molecule has 0 aliphatic carbocycles. The number of aromatic carboxylic acids is 1. The van der Waals surface area contributed by atoms with Crippen molar-refractivity contribution in [3.05, 3.63) is 71.3 Å². The molecule has 27 heavy (non-hydrogen) atoms. The number of hydrogen-bond acceptors (Lipinski definition) is 4. The summed E-state index contributed by atoms with van der Waals surface area (Å²) in [4.78, 5) is 23.5. The van der Waals surface area contributed by atoms with Crippen LogP contribution >= 0.6 is 0 Å². The van der Waals surface area contributed by atoms with Crippen LogP contribution in [0.25, 0.3) is 22.6 Å². The lowest BCUT2D eigenvalue weighted by Gasteiger charge is -2.05. The predicted octanol–water partition coefficient (Wildman–Crippen LogP) is 5.22. The first-order chi connectivity index (χ1) is 12.9. The van der Waals surface area contributed by atoms with E-state index in [1.165, 1.54) is 18.7 Å². The molecule has 2 aromatic carbocycles. The summed E-state index contributed by atoms with van der Waals surface area (Å²) in [7, 11) is 1.30. The number of carboxylic acids is 1. The molecule has 1 aromatic heterocycles. The number of furan rings is 1. The second-order valence-electron chi connectivity index (χ2n) is 6.51. The zero-order valence-corrected chi connectivity index (χ0v) is 15.4. The molecule has 5 nitrogen and oxygen atoms in total. The Kier molecular flexibility index (Phi) is 5.12. The number of rotatable bonds is 5. The van der Waals surface area contributed by atoms with Gasteiger partial charge in [-0.05, 0) is 29.7 Å². The molecule has 0 radical (unpaired) electrons. The zero-order chi connectivity index (χ0) is 19.6.